The van der Waals surface area contributed by atoms with Crippen molar-refractivity contribution in [3.05, 3.63) is 72.5 Å². The summed E-state index contributed by atoms with van der Waals surface area (Å²) in [6.07, 6.45) is 2.36. The Morgan fingerprint density at radius 1 is 1.32 bits per heavy atom. The van der Waals surface area contributed by atoms with Crippen molar-refractivity contribution < 1.29 is 9.72 Å². The van der Waals surface area contributed by atoms with Gasteiger partial charge < -0.3 is 0 Å². The number of anilines is 1. The summed E-state index contributed by atoms with van der Waals surface area (Å²) in [5.41, 5.74) is 2.08. The van der Waals surface area contributed by atoms with E-state index in [0.717, 1.165) is 32.4 Å². The standard InChI is InChI=1S/C16H12ClN3O3S2/c1-9-2-3-10(7-12(9)17)6-11-8-18-16(24-11)19-15(21)13-4-5-14(25-13)20(22)23/h2-5,7-8H,6H2,1H3,(H,18,19,21). The first-order valence-corrected chi connectivity index (χ1v) is 9.19. The Morgan fingerprint density at radius 3 is 2.80 bits per heavy atom. The van der Waals surface area contributed by atoms with Crippen molar-refractivity contribution in [2.75, 3.05) is 5.32 Å². The van der Waals surface area contributed by atoms with Gasteiger partial charge in [0, 0.05) is 28.6 Å². The maximum absolute atomic E-state index is 12.1. The molecule has 1 N–H and O–H groups in total. The molecule has 0 aliphatic rings. The Hall–Kier alpha value is -2.29. The molecule has 3 rings (SSSR count). The van der Waals surface area contributed by atoms with Crippen molar-refractivity contribution in [1.82, 2.24) is 4.98 Å². The number of nitrogens with one attached hydrogen (secondary N) is 1. The second-order valence-electron chi connectivity index (χ2n) is 5.24. The maximum atomic E-state index is 12.1. The highest BCUT2D eigenvalue weighted by atomic mass is 35.5. The van der Waals surface area contributed by atoms with Gasteiger partial charge >= 0.3 is 5.00 Å². The fourth-order valence-electron chi connectivity index (χ4n) is 2.10. The lowest BCUT2D eigenvalue weighted by Gasteiger charge is -2.02. The molecule has 0 atom stereocenters. The molecule has 0 radical (unpaired) electrons. The van der Waals surface area contributed by atoms with Crippen molar-refractivity contribution in [2.24, 2.45) is 0 Å². The largest absolute Gasteiger partial charge is 0.324 e. The van der Waals surface area contributed by atoms with Gasteiger partial charge in [-0.3, -0.25) is 20.2 Å². The third-order valence-electron chi connectivity index (χ3n) is 3.38. The molecule has 2 heterocycles. The molecule has 25 heavy (non-hydrogen) atoms. The maximum Gasteiger partial charge on any atom is 0.324 e. The summed E-state index contributed by atoms with van der Waals surface area (Å²) in [4.78, 5) is 27.7. The molecule has 0 aliphatic heterocycles. The van der Waals surface area contributed by atoms with E-state index in [1.165, 1.54) is 23.5 Å². The SMILES string of the molecule is Cc1ccc(Cc2cnc(NC(=O)c3ccc([N+](=O)[O-])s3)s2)cc1Cl. The summed E-state index contributed by atoms with van der Waals surface area (Å²) in [5, 5.41) is 14.5. The van der Waals surface area contributed by atoms with Gasteiger partial charge in [0.15, 0.2) is 5.13 Å². The van der Waals surface area contributed by atoms with Crippen molar-refractivity contribution in [2.45, 2.75) is 13.3 Å². The minimum Gasteiger partial charge on any atom is -0.297 e. The third kappa shape index (κ3) is 4.22. The summed E-state index contributed by atoms with van der Waals surface area (Å²) in [7, 11) is 0. The highest BCUT2D eigenvalue weighted by Crippen LogP contribution is 2.27. The van der Waals surface area contributed by atoms with Gasteiger partial charge in [0.2, 0.25) is 0 Å². The smallest absolute Gasteiger partial charge is 0.297 e. The lowest BCUT2D eigenvalue weighted by Crippen LogP contribution is -2.09. The number of hydrogen-bond donors (Lipinski definition) is 1. The molecular weight excluding hydrogens is 382 g/mol. The zero-order valence-electron chi connectivity index (χ0n) is 13.0. The van der Waals surface area contributed by atoms with Gasteiger partial charge in [-0.1, -0.05) is 35.1 Å². The van der Waals surface area contributed by atoms with E-state index in [2.05, 4.69) is 10.3 Å². The first-order valence-electron chi connectivity index (χ1n) is 7.17. The molecule has 2 aromatic heterocycles. The summed E-state index contributed by atoms with van der Waals surface area (Å²) >= 11 is 8.32. The number of thiazole rings is 1. The molecule has 0 saturated carbocycles. The summed E-state index contributed by atoms with van der Waals surface area (Å²) in [5.74, 6) is -0.405. The van der Waals surface area contributed by atoms with Gasteiger partial charge in [0.05, 0.1) is 9.80 Å². The lowest BCUT2D eigenvalue weighted by molar-refractivity contribution is -0.380. The number of aryl methyl sites for hydroxylation is 1. The minimum absolute atomic E-state index is 0.0683. The van der Waals surface area contributed by atoms with E-state index in [0.29, 0.717) is 11.6 Å². The van der Waals surface area contributed by atoms with E-state index in [-0.39, 0.29) is 9.88 Å². The summed E-state index contributed by atoms with van der Waals surface area (Å²) < 4.78 is 0. The van der Waals surface area contributed by atoms with Crippen LogP contribution in [0.1, 0.15) is 25.7 Å². The molecule has 6 nitrogen and oxygen atoms in total. The molecule has 0 aliphatic carbocycles. The Morgan fingerprint density at radius 2 is 2.12 bits per heavy atom. The number of carbonyl (C=O) groups is 1. The number of nitrogens with zero attached hydrogens (tertiary/aromatic N) is 2. The molecule has 0 fully saturated rings. The number of halogens is 1. The number of aromatic nitrogens is 1. The van der Waals surface area contributed by atoms with Crippen LogP contribution in [0.25, 0.3) is 0 Å². The predicted octanol–water partition coefficient (Wildman–Crippen LogP) is 4.92. The number of thiophene rings is 1. The van der Waals surface area contributed by atoms with Crippen LogP contribution in [0.3, 0.4) is 0 Å². The number of rotatable bonds is 5. The van der Waals surface area contributed by atoms with E-state index in [4.69, 9.17) is 11.6 Å². The van der Waals surface area contributed by atoms with Crippen LogP contribution in [0.4, 0.5) is 10.1 Å². The highest BCUT2D eigenvalue weighted by Gasteiger charge is 2.16. The molecular formula is C16H12ClN3O3S2. The fourth-order valence-corrected chi connectivity index (χ4v) is 3.86. The first-order chi connectivity index (χ1) is 11.9. The van der Waals surface area contributed by atoms with Crippen LogP contribution in [0.15, 0.2) is 36.5 Å². The van der Waals surface area contributed by atoms with E-state index in [1.54, 1.807) is 6.20 Å². The van der Waals surface area contributed by atoms with E-state index in [9.17, 15) is 14.9 Å². The monoisotopic (exact) mass is 393 g/mol. The van der Waals surface area contributed by atoms with E-state index in [1.807, 2.05) is 25.1 Å². The Labute approximate surface area is 156 Å². The van der Waals surface area contributed by atoms with Crippen LogP contribution < -0.4 is 5.32 Å². The number of nitro groups is 1. The van der Waals surface area contributed by atoms with Gasteiger partial charge in [-0.15, -0.1) is 11.3 Å². The molecule has 0 unspecified atom stereocenters. The zero-order valence-corrected chi connectivity index (χ0v) is 15.4. The quantitative estimate of drug-likeness (QED) is 0.492. The van der Waals surface area contributed by atoms with E-state index >= 15 is 0 Å². The van der Waals surface area contributed by atoms with Crippen molar-refractivity contribution in [3.63, 3.8) is 0 Å². The summed E-state index contributed by atoms with van der Waals surface area (Å²) in [6, 6.07) is 8.63. The average molecular weight is 394 g/mol. The van der Waals surface area contributed by atoms with Crippen molar-refractivity contribution in [1.29, 1.82) is 0 Å². The first kappa shape index (κ1) is 17.5. The Bertz CT molecular complexity index is 952. The Kier molecular flexibility index (Phi) is 5.12. The van der Waals surface area contributed by atoms with Crippen LogP contribution in [-0.4, -0.2) is 15.8 Å². The molecule has 128 valence electrons. The van der Waals surface area contributed by atoms with E-state index < -0.39 is 10.8 Å². The van der Waals surface area contributed by atoms with Gasteiger partial charge in [0.1, 0.15) is 0 Å². The molecule has 1 amide bonds. The van der Waals surface area contributed by atoms with Gasteiger partial charge in [0.25, 0.3) is 5.91 Å². The van der Waals surface area contributed by atoms with Gasteiger partial charge in [-0.25, -0.2) is 4.98 Å². The van der Waals surface area contributed by atoms with Crippen LogP contribution in [0, 0.1) is 17.0 Å². The fraction of sp³-hybridized carbons (Fsp3) is 0.125. The van der Waals surface area contributed by atoms with Crippen LogP contribution in [0.5, 0.6) is 0 Å². The second kappa shape index (κ2) is 7.30. The predicted molar refractivity (Wildman–Crippen MR) is 100 cm³/mol. The second-order valence-corrected chi connectivity index (χ2v) is 7.83. The van der Waals surface area contributed by atoms with Crippen molar-refractivity contribution in [3.8, 4) is 0 Å². The molecule has 0 saturated heterocycles. The molecule has 1 aromatic carbocycles. The molecule has 0 spiro atoms. The number of hydrogen-bond acceptors (Lipinski definition) is 6. The van der Waals surface area contributed by atoms with Crippen LogP contribution in [-0.2, 0) is 6.42 Å². The zero-order chi connectivity index (χ0) is 18.0. The normalized spacial score (nSPS) is 10.6. The topological polar surface area (TPSA) is 85.1 Å². The van der Waals surface area contributed by atoms with Gasteiger partial charge in [-0.2, -0.15) is 0 Å². The lowest BCUT2D eigenvalue weighted by atomic mass is 10.1. The molecule has 0 bridgehead atoms. The summed E-state index contributed by atoms with van der Waals surface area (Å²) in [6.45, 7) is 1.95. The minimum atomic E-state index is -0.518. The van der Waals surface area contributed by atoms with Crippen LogP contribution in [0.2, 0.25) is 5.02 Å². The molecule has 9 heteroatoms. The Balaban J connectivity index is 1.67. The highest BCUT2D eigenvalue weighted by molar-refractivity contribution is 7.18. The number of carbonyl (C=O) groups excluding carboxylic acids is 1. The molecule has 3 aromatic rings. The number of benzene rings is 1. The van der Waals surface area contributed by atoms with Gasteiger partial charge in [-0.05, 0) is 30.2 Å². The third-order valence-corrected chi connectivity index (χ3v) is 5.74. The van der Waals surface area contributed by atoms with Crippen LogP contribution >= 0.6 is 34.3 Å². The average Bonchev–Trinajstić information content (AvgIpc) is 3.20. The number of amides is 1. The van der Waals surface area contributed by atoms with Crippen molar-refractivity contribution >= 4 is 50.3 Å².